The third-order valence-electron chi connectivity index (χ3n) is 3.75. The van der Waals surface area contributed by atoms with Crippen molar-refractivity contribution in [3.63, 3.8) is 0 Å². The highest BCUT2D eigenvalue weighted by atomic mass is 16.5. The molecule has 1 aliphatic rings. The van der Waals surface area contributed by atoms with E-state index in [1.807, 2.05) is 6.92 Å². The standard InChI is InChI=1S/C14H22N2O4/c1-3-19-13(17)14(8-4-5-9-14)12-15-11(16-20-12)7-6-10-18-2/h3-10H2,1-2H3. The molecular formula is C14H22N2O4. The van der Waals surface area contributed by atoms with Crippen LogP contribution >= 0.6 is 0 Å². The largest absolute Gasteiger partial charge is 0.465 e. The molecule has 0 N–H and O–H groups in total. The Labute approximate surface area is 118 Å². The first-order valence-electron chi connectivity index (χ1n) is 7.22. The lowest BCUT2D eigenvalue weighted by Gasteiger charge is -2.21. The fourth-order valence-electron chi connectivity index (χ4n) is 2.68. The van der Waals surface area contributed by atoms with E-state index in [0.29, 0.717) is 31.3 Å². The van der Waals surface area contributed by atoms with Crippen LogP contribution in [0.25, 0.3) is 0 Å². The molecule has 2 rings (SSSR count). The highest BCUT2D eigenvalue weighted by Gasteiger charge is 2.49. The second-order valence-electron chi connectivity index (χ2n) is 5.12. The number of methoxy groups -OCH3 is 1. The molecule has 1 aliphatic carbocycles. The number of carbonyl (C=O) groups excluding carboxylic acids is 1. The van der Waals surface area contributed by atoms with Crippen LogP contribution < -0.4 is 0 Å². The normalized spacial score (nSPS) is 17.3. The highest BCUT2D eigenvalue weighted by molar-refractivity contribution is 5.82. The Bertz CT molecular complexity index is 438. The van der Waals surface area contributed by atoms with Gasteiger partial charge in [0.1, 0.15) is 5.41 Å². The number of nitrogens with zero attached hydrogens (tertiary/aromatic N) is 2. The number of carbonyl (C=O) groups is 1. The van der Waals surface area contributed by atoms with E-state index in [1.54, 1.807) is 7.11 Å². The second-order valence-corrected chi connectivity index (χ2v) is 5.12. The van der Waals surface area contributed by atoms with Gasteiger partial charge in [0, 0.05) is 20.1 Å². The topological polar surface area (TPSA) is 74.5 Å². The SMILES string of the molecule is CCOC(=O)C1(c2nc(CCCOC)no2)CCCC1. The number of rotatable bonds is 7. The molecule has 6 heteroatoms. The van der Waals surface area contributed by atoms with Crippen molar-refractivity contribution in [2.24, 2.45) is 0 Å². The Morgan fingerprint density at radius 3 is 2.80 bits per heavy atom. The molecule has 0 amide bonds. The average Bonchev–Trinajstić information content (AvgIpc) is 3.08. The quantitative estimate of drug-likeness (QED) is 0.562. The minimum atomic E-state index is -0.720. The van der Waals surface area contributed by atoms with Gasteiger partial charge in [0.25, 0.3) is 0 Å². The molecule has 1 saturated carbocycles. The van der Waals surface area contributed by atoms with Crippen molar-refractivity contribution in [2.45, 2.75) is 50.9 Å². The Balaban J connectivity index is 2.12. The van der Waals surface area contributed by atoms with Gasteiger partial charge in [0.15, 0.2) is 5.82 Å². The molecule has 1 heterocycles. The van der Waals surface area contributed by atoms with Crippen LogP contribution in [0.5, 0.6) is 0 Å². The van der Waals surface area contributed by atoms with Gasteiger partial charge in [0.2, 0.25) is 5.89 Å². The van der Waals surface area contributed by atoms with Crippen LogP contribution in [0.1, 0.15) is 50.7 Å². The zero-order chi connectivity index (χ0) is 14.4. The molecule has 0 radical (unpaired) electrons. The molecule has 6 nitrogen and oxygen atoms in total. The lowest BCUT2D eigenvalue weighted by atomic mass is 9.86. The van der Waals surface area contributed by atoms with E-state index in [1.165, 1.54) is 0 Å². The average molecular weight is 282 g/mol. The summed E-state index contributed by atoms with van der Waals surface area (Å²) in [4.78, 5) is 16.7. The molecule has 1 aromatic rings. The molecule has 0 unspecified atom stereocenters. The van der Waals surface area contributed by atoms with Crippen LogP contribution in [-0.2, 0) is 26.1 Å². The molecule has 0 aromatic carbocycles. The van der Waals surface area contributed by atoms with E-state index in [0.717, 1.165) is 32.1 Å². The summed E-state index contributed by atoms with van der Waals surface area (Å²) in [6.07, 6.45) is 4.95. The molecule has 0 bridgehead atoms. The van der Waals surface area contributed by atoms with Gasteiger partial charge in [-0.3, -0.25) is 4.79 Å². The van der Waals surface area contributed by atoms with Crippen molar-refractivity contribution in [3.05, 3.63) is 11.7 Å². The van der Waals surface area contributed by atoms with E-state index in [9.17, 15) is 4.79 Å². The predicted molar refractivity (Wildman–Crippen MR) is 71.3 cm³/mol. The van der Waals surface area contributed by atoms with Crippen molar-refractivity contribution in [1.82, 2.24) is 10.1 Å². The van der Waals surface area contributed by atoms with Gasteiger partial charge in [-0.2, -0.15) is 4.98 Å². The molecule has 0 atom stereocenters. The van der Waals surface area contributed by atoms with Crippen molar-refractivity contribution >= 4 is 5.97 Å². The maximum Gasteiger partial charge on any atom is 0.321 e. The Hall–Kier alpha value is -1.43. The van der Waals surface area contributed by atoms with Gasteiger partial charge in [0.05, 0.1) is 6.61 Å². The summed E-state index contributed by atoms with van der Waals surface area (Å²) < 4.78 is 15.6. The molecule has 20 heavy (non-hydrogen) atoms. The number of aromatic nitrogens is 2. The second kappa shape index (κ2) is 6.83. The highest BCUT2D eigenvalue weighted by Crippen LogP contribution is 2.41. The first kappa shape index (κ1) is 15.0. The van der Waals surface area contributed by atoms with Crippen molar-refractivity contribution < 1.29 is 18.8 Å². The third kappa shape index (κ3) is 3.00. The van der Waals surface area contributed by atoms with Crippen LogP contribution in [0.4, 0.5) is 0 Å². The summed E-state index contributed by atoms with van der Waals surface area (Å²) in [5.41, 5.74) is -0.720. The van der Waals surface area contributed by atoms with Crippen LogP contribution in [0.15, 0.2) is 4.52 Å². The van der Waals surface area contributed by atoms with Gasteiger partial charge >= 0.3 is 5.97 Å². The van der Waals surface area contributed by atoms with Crippen molar-refractivity contribution in [1.29, 1.82) is 0 Å². The molecule has 0 saturated heterocycles. The van der Waals surface area contributed by atoms with Crippen molar-refractivity contribution in [2.75, 3.05) is 20.3 Å². The number of ether oxygens (including phenoxy) is 2. The smallest absolute Gasteiger partial charge is 0.321 e. The summed E-state index contributed by atoms with van der Waals surface area (Å²) in [6.45, 7) is 2.84. The summed E-state index contributed by atoms with van der Waals surface area (Å²) in [5, 5.41) is 3.97. The van der Waals surface area contributed by atoms with Gasteiger partial charge < -0.3 is 14.0 Å². The Morgan fingerprint density at radius 2 is 2.15 bits per heavy atom. The predicted octanol–water partition coefficient (Wildman–Crippen LogP) is 2.02. The summed E-state index contributed by atoms with van der Waals surface area (Å²) in [6, 6.07) is 0. The third-order valence-corrected chi connectivity index (χ3v) is 3.75. The fraction of sp³-hybridized carbons (Fsp3) is 0.786. The van der Waals surface area contributed by atoms with E-state index in [-0.39, 0.29) is 5.97 Å². The molecule has 1 aromatic heterocycles. The van der Waals surface area contributed by atoms with Crippen LogP contribution in [0.3, 0.4) is 0 Å². The minimum absolute atomic E-state index is 0.232. The van der Waals surface area contributed by atoms with E-state index in [4.69, 9.17) is 14.0 Å². The monoisotopic (exact) mass is 282 g/mol. The fourth-order valence-corrected chi connectivity index (χ4v) is 2.68. The van der Waals surface area contributed by atoms with Crippen LogP contribution in [-0.4, -0.2) is 36.4 Å². The van der Waals surface area contributed by atoms with E-state index < -0.39 is 5.41 Å². The maximum absolute atomic E-state index is 12.3. The molecule has 0 aliphatic heterocycles. The number of hydrogen-bond donors (Lipinski definition) is 0. The number of hydrogen-bond acceptors (Lipinski definition) is 6. The van der Waals surface area contributed by atoms with Gasteiger partial charge in [-0.25, -0.2) is 0 Å². The van der Waals surface area contributed by atoms with Crippen LogP contribution in [0, 0.1) is 0 Å². The maximum atomic E-state index is 12.3. The summed E-state index contributed by atoms with van der Waals surface area (Å²) in [5.74, 6) is 0.818. The van der Waals surface area contributed by atoms with Crippen molar-refractivity contribution in [3.8, 4) is 0 Å². The first-order chi connectivity index (χ1) is 9.73. The van der Waals surface area contributed by atoms with Crippen LogP contribution in [0.2, 0.25) is 0 Å². The van der Waals surface area contributed by atoms with Gasteiger partial charge in [-0.05, 0) is 26.2 Å². The number of aryl methyl sites for hydroxylation is 1. The van der Waals surface area contributed by atoms with Gasteiger partial charge in [-0.15, -0.1) is 0 Å². The first-order valence-corrected chi connectivity index (χ1v) is 7.22. The Morgan fingerprint density at radius 1 is 1.40 bits per heavy atom. The zero-order valence-electron chi connectivity index (χ0n) is 12.2. The molecule has 0 spiro atoms. The van der Waals surface area contributed by atoms with Gasteiger partial charge in [-0.1, -0.05) is 18.0 Å². The van der Waals surface area contributed by atoms with E-state index >= 15 is 0 Å². The molecular weight excluding hydrogens is 260 g/mol. The molecule has 112 valence electrons. The van der Waals surface area contributed by atoms with E-state index in [2.05, 4.69) is 10.1 Å². The Kier molecular flexibility index (Phi) is 5.11. The lowest BCUT2D eigenvalue weighted by molar-refractivity contribution is -0.151. The minimum Gasteiger partial charge on any atom is -0.465 e. The number of esters is 1. The summed E-state index contributed by atoms with van der Waals surface area (Å²) in [7, 11) is 1.66. The zero-order valence-corrected chi connectivity index (χ0v) is 12.2. The lowest BCUT2D eigenvalue weighted by Crippen LogP contribution is -2.35. The molecule has 1 fully saturated rings. The summed E-state index contributed by atoms with van der Waals surface area (Å²) >= 11 is 0.